The first kappa shape index (κ1) is 13.0. The molecule has 1 aliphatic rings. The third-order valence-electron chi connectivity index (χ3n) is 3.46. The molecule has 0 aliphatic carbocycles. The van der Waals surface area contributed by atoms with Crippen LogP contribution in [-0.2, 0) is 9.53 Å². The Kier molecular flexibility index (Phi) is 4.31. The van der Waals surface area contributed by atoms with Gasteiger partial charge in [0.1, 0.15) is 5.41 Å². The van der Waals surface area contributed by atoms with Crippen molar-refractivity contribution in [2.75, 3.05) is 19.8 Å². The van der Waals surface area contributed by atoms with Crippen molar-refractivity contribution in [3.63, 3.8) is 0 Å². The number of hydrogen-bond acceptors (Lipinski definition) is 3. The highest BCUT2D eigenvalue weighted by molar-refractivity contribution is 5.85. The van der Waals surface area contributed by atoms with Crippen LogP contribution in [0.25, 0.3) is 0 Å². The fraction of sp³-hybridized carbons (Fsp3) is 0.833. The SMILES string of the molecule is CCC(C#N)(CC)C(=O)N1CCOC[C@H]1C. The van der Waals surface area contributed by atoms with Crippen LogP contribution in [0.1, 0.15) is 33.6 Å². The molecule has 0 radical (unpaired) electrons. The summed E-state index contributed by atoms with van der Waals surface area (Å²) < 4.78 is 5.30. The lowest BCUT2D eigenvalue weighted by Crippen LogP contribution is -2.52. The van der Waals surface area contributed by atoms with Crippen LogP contribution in [0.5, 0.6) is 0 Å². The molecule has 0 aromatic heterocycles. The van der Waals surface area contributed by atoms with Crippen molar-refractivity contribution in [1.29, 1.82) is 5.26 Å². The summed E-state index contributed by atoms with van der Waals surface area (Å²) >= 11 is 0. The maximum atomic E-state index is 12.4. The molecule has 0 unspecified atom stereocenters. The Morgan fingerprint density at radius 3 is 2.62 bits per heavy atom. The quantitative estimate of drug-likeness (QED) is 0.731. The Bertz CT molecular complexity index is 292. The van der Waals surface area contributed by atoms with Crippen LogP contribution in [0.3, 0.4) is 0 Å². The molecule has 0 N–H and O–H groups in total. The van der Waals surface area contributed by atoms with Gasteiger partial charge < -0.3 is 9.64 Å². The second-order valence-electron chi connectivity index (χ2n) is 4.32. The topological polar surface area (TPSA) is 53.3 Å². The van der Waals surface area contributed by atoms with Gasteiger partial charge in [0.15, 0.2) is 0 Å². The van der Waals surface area contributed by atoms with E-state index in [0.717, 1.165) is 0 Å². The fourth-order valence-corrected chi connectivity index (χ4v) is 2.06. The predicted octanol–water partition coefficient (Wildman–Crippen LogP) is 1.56. The van der Waals surface area contributed by atoms with Crippen LogP contribution < -0.4 is 0 Å². The van der Waals surface area contributed by atoms with Crippen molar-refractivity contribution in [3.8, 4) is 6.07 Å². The highest BCUT2D eigenvalue weighted by atomic mass is 16.5. The van der Waals surface area contributed by atoms with Gasteiger partial charge in [-0.25, -0.2) is 0 Å². The smallest absolute Gasteiger partial charge is 0.243 e. The van der Waals surface area contributed by atoms with Crippen molar-refractivity contribution in [2.45, 2.75) is 39.7 Å². The summed E-state index contributed by atoms with van der Waals surface area (Å²) in [5, 5.41) is 9.24. The van der Waals surface area contributed by atoms with Crippen molar-refractivity contribution >= 4 is 5.91 Å². The Morgan fingerprint density at radius 2 is 2.19 bits per heavy atom. The van der Waals surface area contributed by atoms with Crippen molar-refractivity contribution in [3.05, 3.63) is 0 Å². The number of carbonyl (C=O) groups excluding carboxylic acids is 1. The Labute approximate surface area is 97.2 Å². The van der Waals surface area contributed by atoms with Gasteiger partial charge in [-0.05, 0) is 19.8 Å². The second-order valence-corrected chi connectivity index (χ2v) is 4.32. The molecule has 4 heteroatoms. The minimum Gasteiger partial charge on any atom is -0.377 e. The number of rotatable bonds is 3. The summed E-state index contributed by atoms with van der Waals surface area (Å²) in [6.45, 7) is 7.51. The number of ether oxygens (including phenoxy) is 1. The lowest BCUT2D eigenvalue weighted by molar-refractivity contribution is -0.147. The molecule has 1 atom stereocenters. The molecular weight excluding hydrogens is 204 g/mol. The van der Waals surface area contributed by atoms with Gasteiger partial charge in [0.2, 0.25) is 5.91 Å². The van der Waals surface area contributed by atoms with Crippen molar-refractivity contribution in [1.82, 2.24) is 4.90 Å². The van der Waals surface area contributed by atoms with Crippen molar-refractivity contribution < 1.29 is 9.53 Å². The van der Waals surface area contributed by atoms with Gasteiger partial charge in [0.25, 0.3) is 0 Å². The fourth-order valence-electron chi connectivity index (χ4n) is 2.06. The van der Waals surface area contributed by atoms with Gasteiger partial charge in [0.05, 0.1) is 25.3 Å². The Balaban J connectivity index is 2.86. The van der Waals surface area contributed by atoms with Gasteiger partial charge >= 0.3 is 0 Å². The molecule has 1 saturated heterocycles. The molecular formula is C12H20N2O2. The van der Waals surface area contributed by atoms with E-state index in [9.17, 15) is 10.1 Å². The second kappa shape index (κ2) is 5.31. The monoisotopic (exact) mass is 224 g/mol. The first-order chi connectivity index (χ1) is 7.61. The first-order valence-electron chi connectivity index (χ1n) is 5.91. The van der Waals surface area contributed by atoms with Gasteiger partial charge in [-0.1, -0.05) is 13.8 Å². The number of nitrogens with zero attached hydrogens (tertiary/aromatic N) is 2. The molecule has 1 fully saturated rings. The van der Waals surface area contributed by atoms with Crippen LogP contribution in [0.15, 0.2) is 0 Å². The largest absolute Gasteiger partial charge is 0.377 e. The van der Waals surface area contributed by atoms with E-state index in [2.05, 4.69) is 6.07 Å². The van der Waals surface area contributed by atoms with E-state index in [-0.39, 0.29) is 11.9 Å². The Hall–Kier alpha value is -1.08. The normalized spacial score (nSPS) is 21.6. The number of morpholine rings is 1. The van der Waals surface area contributed by atoms with Gasteiger partial charge in [0, 0.05) is 6.54 Å². The lowest BCUT2D eigenvalue weighted by Gasteiger charge is -2.38. The van der Waals surface area contributed by atoms with E-state index in [0.29, 0.717) is 32.6 Å². The molecule has 16 heavy (non-hydrogen) atoms. The van der Waals surface area contributed by atoms with Crippen molar-refractivity contribution in [2.24, 2.45) is 5.41 Å². The molecule has 1 rings (SSSR count). The average molecular weight is 224 g/mol. The van der Waals surface area contributed by atoms with E-state index < -0.39 is 5.41 Å². The minimum atomic E-state index is -0.842. The van der Waals surface area contributed by atoms with Crippen LogP contribution in [0.2, 0.25) is 0 Å². The zero-order valence-corrected chi connectivity index (χ0v) is 10.3. The zero-order chi connectivity index (χ0) is 12.2. The van der Waals surface area contributed by atoms with Gasteiger partial charge in [-0.2, -0.15) is 5.26 Å². The summed E-state index contributed by atoms with van der Waals surface area (Å²) in [5.74, 6) is -0.0317. The highest BCUT2D eigenvalue weighted by Crippen LogP contribution is 2.29. The summed E-state index contributed by atoms with van der Waals surface area (Å²) in [4.78, 5) is 14.2. The third kappa shape index (κ3) is 2.19. The molecule has 1 heterocycles. The zero-order valence-electron chi connectivity index (χ0n) is 10.3. The Morgan fingerprint density at radius 1 is 1.56 bits per heavy atom. The molecule has 90 valence electrons. The van der Waals surface area contributed by atoms with Crippen LogP contribution in [0, 0.1) is 16.7 Å². The summed E-state index contributed by atoms with van der Waals surface area (Å²) in [6, 6.07) is 2.28. The summed E-state index contributed by atoms with van der Waals surface area (Å²) in [6.07, 6.45) is 1.14. The lowest BCUT2D eigenvalue weighted by atomic mass is 9.82. The molecule has 0 aromatic carbocycles. The number of amides is 1. The molecule has 0 saturated carbocycles. The summed E-state index contributed by atoms with van der Waals surface area (Å²) in [5.41, 5.74) is -0.842. The molecule has 1 aliphatic heterocycles. The highest BCUT2D eigenvalue weighted by Gasteiger charge is 2.40. The van der Waals surface area contributed by atoms with E-state index >= 15 is 0 Å². The minimum absolute atomic E-state index is 0.0317. The first-order valence-corrected chi connectivity index (χ1v) is 5.91. The van der Waals surface area contributed by atoms with E-state index in [4.69, 9.17) is 4.74 Å². The van der Waals surface area contributed by atoms with Crippen LogP contribution in [0.4, 0.5) is 0 Å². The maximum Gasteiger partial charge on any atom is 0.243 e. The van der Waals surface area contributed by atoms with Gasteiger partial charge in [-0.3, -0.25) is 4.79 Å². The third-order valence-corrected chi connectivity index (χ3v) is 3.46. The number of nitriles is 1. The van der Waals surface area contributed by atoms with Gasteiger partial charge in [-0.15, -0.1) is 0 Å². The molecule has 0 spiro atoms. The molecule has 0 aromatic rings. The van der Waals surface area contributed by atoms with E-state index in [1.807, 2.05) is 20.8 Å². The summed E-state index contributed by atoms with van der Waals surface area (Å²) in [7, 11) is 0. The maximum absolute atomic E-state index is 12.4. The van der Waals surface area contributed by atoms with Crippen LogP contribution in [-0.4, -0.2) is 36.6 Å². The van der Waals surface area contributed by atoms with E-state index in [1.54, 1.807) is 4.90 Å². The molecule has 1 amide bonds. The van der Waals surface area contributed by atoms with E-state index in [1.165, 1.54) is 0 Å². The predicted molar refractivity (Wildman–Crippen MR) is 60.6 cm³/mol. The average Bonchev–Trinajstić information content (AvgIpc) is 2.32. The molecule has 4 nitrogen and oxygen atoms in total. The number of hydrogen-bond donors (Lipinski definition) is 0. The standard InChI is InChI=1S/C12H20N2O2/c1-4-12(5-2,9-13)11(15)14-6-7-16-8-10(14)3/h10H,4-8H2,1-3H3/t10-/m1/s1. The number of carbonyl (C=O) groups is 1. The molecule has 0 bridgehead atoms. The van der Waals surface area contributed by atoms with Crippen LogP contribution >= 0.6 is 0 Å².